The summed E-state index contributed by atoms with van der Waals surface area (Å²) in [5.41, 5.74) is 23.5. The van der Waals surface area contributed by atoms with Crippen molar-refractivity contribution >= 4 is 0 Å². The van der Waals surface area contributed by atoms with E-state index in [0.29, 0.717) is 0 Å². The highest BCUT2D eigenvalue weighted by atomic mass is 14.7. The van der Waals surface area contributed by atoms with Gasteiger partial charge in [0.25, 0.3) is 0 Å². The Labute approximate surface area is 228 Å². The summed E-state index contributed by atoms with van der Waals surface area (Å²) in [7, 11) is 0. The van der Waals surface area contributed by atoms with Crippen LogP contribution >= 0.6 is 0 Å². The lowest BCUT2D eigenvalue weighted by molar-refractivity contribution is 1.17. The maximum Gasteiger partial charge on any atom is 0.0464 e. The first-order valence-electron chi connectivity index (χ1n) is 13.6. The molecule has 2 heteroatoms. The normalized spacial score (nSPS) is 11.4. The van der Waals surface area contributed by atoms with Crippen LogP contribution in [-0.2, 0) is 0 Å². The van der Waals surface area contributed by atoms with Gasteiger partial charge in [0.1, 0.15) is 0 Å². The second-order valence-corrected chi connectivity index (χ2v) is 11.2. The van der Waals surface area contributed by atoms with Crippen LogP contribution in [0.5, 0.6) is 0 Å². The molecule has 0 spiro atoms. The second kappa shape index (κ2) is 9.51. The van der Waals surface area contributed by atoms with Crippen molar-refractivity contribution in [2.75, 3.05) is 0 Å². The van der Waals surface area contributed by atoms with E-state index in [9.17, 15) is 0 Å². The molecule has 194 valence electrons. The van der Waals surface area contributed by atoms with Gasteiger partial charge in [-0.3, -0.25) is 0 Å². The van der Waals surface area contributed by atoms with Gasteiger partial charge in [-0.1, -0.05) is 18.2 Å². The fourth-order valence-corrected chi connectivity index (χ4v) is 6.08. The molecule has 0 unspecified atom stereocenters. The summed E-state index contributed by atoms with van der Waals surface area (Å²) in [5.74, 6) is 0. The summed E-state index contributed by atoms with van der Waals surface area (Å²) in [6, 6.07) is 17.7. The highest BCUT2D eigenvalue weighted by Gasteiger charge is 2.17. The van der Waals surface area contributed by atoms with Crippen LogP contribution in [-0.4, -0.2) is 9.97 Å². The Morgan fingerprint density at radius 1 is 0.342 bits per heavy atom. The summed E-state index contributed by atoms with van der Waals surface area (Å²) < 4.78 is 0. The lowest BCUT2D eigenvalue weighted by Crippen LogP contribution is -1.99. The van der Waals surface area contributed by atoms with Crippen LogP contribution in [0.25, 0.3) is 45.0 Å². The van der Waals surface area contributed by atoms with Crippen molar-refractivity contribution in [1.29, 1.82) is 0 Å². The van der Waals surface area contributed by atoms with Crippen LogP contribution in [0.15, 0.2) is 48.5 Å². The van der Waals surface area contributed by atoms with Gasteiger partial charge in [-0.05, 0) is 166 Å². The average Bonchev–Trinajstić information content (AvgIpc) is 3.60. The number of aromatic nitrogens is 2. The number of benzene rings is 3. The molecule has 3 aromatic carbocycles. The third kappa shape index (κ3) is 4.04. The molecule has 0 aliphatic heterocycles. The summed E-state index contributed by atoms with van der Waals surface area (Å²) in [4.78, 5) is 7.47. The van der Waals surface area contributed by atoms with Crippen LogP contribution in [0.4, 0.5) is 0 Å². The van der Waals surface area contributed by atoms with Crippen molar-refractivity contribution in [2.24, 2.45) is 0 Å². The Kier molecular flexibility index (Phi) is 6.47. The van der Waals surface area contributed by atoms with Crippen molar-refractivity contribution in [1.82, 2.24) is 9.97 Å². The van der Waals surface area contributed by atoms with Gasteiger partial charge in [-0.15, -0.1) is 0 Å². The van der Waals surface area contributed by atoms with Gasteiger partial charge in [0, 0.05) is 33.9 Å². The predicted octanol–water partition coefficient (Wildman–Crippen LogP) is 10.1. The van der Waals surface area contributed by atoms with Crippen molar-refractivity contribution in [3.05, 3.63) is 104 Å². The molecule has 0 saturated carbocycles. The second-order valence-electron chi connectivity index (χ2n) is 11.2. The number of hydrogen-bond acceptors (Lipinski definition) is 0. The van der Waals surface area contributed by atoms with Crippen LogP contribution in [0.1, 0.15) is 55.6 Å². The zero-order valence-corrected chi connectivity index (χ0v) is 24.6. The van der Waals surface area contributed by atoms with E-state index in [1.165, 1.54) is 89.3 Å². The Hall–Kier alpha value is -3.78. The third-order valence-electron chi connectivity index (χ3n) is 9.40. The highest BCUT2D eigenvalue weighted by molar-refractivity contribution is 5.79. The molecule has 0 aliphatic carbocycles. The largest absolute Gasteiger partial charge is 0.355 e. The molecule has 0 fully saturated rings. The molecule has 0 atom stereocenters. The first kappa shape index (κ1) is 25.9. The monoisotopic (exact) mass is 500 g/mol. The molecule has 0 saturated heterocycles. The van der Waals surface area contributed by atoms with E-state index in [4.69, 9.17) is 0 Å². The average molecular weight is 501 g/mol. The van der Waals surface area contributed by atoms with Gasteiger partial charge in [-0.2, -0.15) is 0 Å². The minimum absolute atomic E-state index is 1.14. The summed E-state index contributed by atoms with van der Waals surface area (Å²) >= 11 is 0. The van der Waals surface area contributed by atoms with Crippen molar-refractivity contribution in [2.45, 2.75) is 69.2 Å². The topological polar surface area (TPSA) is 31.6 Å². The lowest BCUT2D eigenvalue weighted by Gasteiger charge is -2.18. The van der Waals surface area contributed by atoms with E-state index < -0.39 is 0 Å². The Balaban J connectivity index is 1.52. The molecule has 0 amide bonds. The van der Waals surface area contributed by atoms with E-state index in [1.54, 1.807) is 0 Å². The standard InChI is InChI=1S/C36H40N2/c1-19-21(3)25(7)35(26(8)22(19)4)33-16-14-31(37-33)29-12-11-13-30(18-29)32-15-17-34(38-32)36-27(9)23(5)20(2)24(6)28(36)10/h11-18,37-38H,1-10H3. The molecule has 0 bridgehead atoms. The molecular formula is C36H40N2. The Bertz CT molecular complexity index is 1520. The number of hydrogen-bond donors (Lipinski definition) is 2. The molecule has 2 N–H and O–H groups in total. The number of rotatable bonds is 4. The fourth-order valence-electron chi connectivity index (χ4n) is 6.08. The Morgan fingerprint density at radius 3 is 0.974 bits per heavy atom. The van der Waals surface area contributed by atoms with E-state index in [2.05, 4.69) is 128 Å². The van der Waals surface area contributed by atoms with Crippen LogP contribution in [0, 0.1) is 69.2 Å². The van der Waals surface area contributed by atoms with Crippen molar-refractivity contribution < 1.29 is 0 Å². The van der Waals surface area contributed by atoms with Gasteiger partial charge in [0.05, 0.1) is 0 Å². The zero-order chi connectivity index (χ0) is 27.5. The van der Waals surface area contributed by atoms with Gasteiger partial charge in [0.15, 0.2) is 0 Å². The first-order valence-corrected chi connectivity index (χ1v) is 13.6. The van der Waals surface area contributed by atoms with Gasteiger partial charge in [-0.25, -0.2) is 0 Å². The van der Waals surface area contributed by atoms with Gasteiger partial charge in [0.2, 0.25) is 0 Å². The molecule has 2 heterocycles. The molecule has 5 aromatic rings. The molecule has 0 aliphatic rings. The predicted molar refractivity (Wildman–Crippen MR) is 164 cm³/mol. The number of H-pyrrole nitrogens is 2. The smallest absolute Gasteiger partial charge is 0.0464 e. The molecule has 38 heavy (non-hydrogen) atoms. The van der Waals surface area contributed by atoms with Crippen LogP contribution in [0.2, 0.25) is 0 Å². The molecule has 5 rings (SSSR count). The summed E-state index contributed by atoms with van der Waals surface area (Å²) in [6.07, 6.45) is 0. The number of aromatic amines is 2. The van der Waals surface area contributed by atoms with Crippen molar-refractivity contribution in [3.8, 4) is 45.0 Å². The van der Waals surface area contributed by atoms with Gasteiger partial charge < -0.3 is 9.97 Å². The Morgan fingerprint density at radius 2 is 0.632 bits per heavy atom. The quantitative estimate of drug-likeness (QED) is 0.246. The number of nitrogens with one attached hydrogen (secondary N) is 2. The fraction of sp³-hybridized carbons (Fsp3) is 0.278. The third-order valence-corrected chi connectivity index (χ3v) is 9.40. The van der Waals surface area contributed by atoms with E-state index >= 15 is 0 Å². The molecule has 2 nitrogen and oxygen atoms in total. The van der Waals surface area contributed by atoms with E-state index in [-0.39, 0.29) is 0 Å². The minimum Gasteiger partial charge on any atom is -0.355 e. The lowest BCUT2D eigenvalue weighted by atomic mass is 9.88. The zero-order valence-electron chi connectivity index (χ0n) is 24.6. The maximum atomic E-state index is 3.73. The van der Waals surface area contributed by atoms with E-state index in [1.807, 2.05) is 0 Å². The minimum atomic E-state index is 1.14. The maximum absolute atomic E-state index is 3.73. The van der Waals surface area contributed by atoms with Crippen molar-refractivity contribution in [3.63, 3.8) is 0 Å². The summed E-state index contributed by atoms with van der Waals surface area (Å²) in [5, 5.41) is 0. The van der Waals surface area contributed by atoms with Crippen LogP contribution < -0.4 is 0 Å². The SMILES string of the molecule is Cc1c(C)c(C)c(-c2ccc(-c3cccc(-c4ccc(-c5c(C)c(C)c(C)c(C)c5C)[nH]4)c3)[nH]2)c(C)c1C. The van der Waals surface area contributed by atoms with Crippen LogP contribution in [0.3, 0.4) is 0 Å². The molecule has 2 aromatic heterocycles. The molecule has 0 radical (unpaired) electrons. The highest BCUT2D eigenvalue weighted by Crippen LogP contribution is 2.37. The molecular weight excluding hydrogens is 460 g/mol. The van der Waals surface area contributed by atoms with E-state index in [0.717, 1.165) is 11.4 Å². The first-order chi connectivity index (χ1) is 18.0. The van der Waals surface area contributed by atoms with Gasteiger partial charge >= 0.3 is 0 Å². The summed E-state index contributed by atoms with van der Waals surface area (Å²) in [6.45, 7) is 22.4.